The molecule has 0 radical (unpaired) electrons. The molecule has 0 fully saturated rings. The van der Waals surface area contributed by atoms with Crippen LogP contribution in [0.4, 0.5) is 8.78 Å². The number of benzene rings is 2. The quantitative estimate of drug-likeness (QED) is 0.866. The Morgan fingerprint density at radius 2 is 1.95 bits per heavy atom. The fourth-order valence-electron chi connectivity index (χ4n) is 2.40. The summed E-state index contributed by atoms with van der Waals surface area (Å²) in [7, 11) is -1.29. The Hall–Kier alpha value is -1.79. The molecule has 2 aromatic carbocycles. The van der Waals surface area contributed by atoms with Gasteiger partial charge in [0.2, 0.25) is 0 Å². The first kappa shape index (κ1) is 15.1. The van der Waals surface area contributed by atoms with E-state index < -0.39 is 16.6 Å². The second kappa shape index (κ2) is 6.54. The van der Waals surface area contributed by atoms with Crippen molar-refractivity contribution in [1.29, 1.82) is 0 Å². The first-order valence-corrected chi connectivity index (χ1v) is 8.22. The van der Waals surface area contributed by atoms with Crippen LogP contribution in [0, 0.1) is 11.6 Å². The number of ether oxygens (including phenoxy) is 2. The van der Waals surface area contributed by atoms with Crippen molar-refractivity contribution in [2.45, 2.75) is 18.1 Å². The molecule has 116 valence electrons. The Labute approximate surface area is 129 Å². The van der Waals surface area contributed by atoms with Crippen LogP contribution in [0.1, 0.15) is 16.7 Å². The van der Waals surface area contributed by atoms with Gasteiger partial charge in [0.1, 0.15) is 17.4 Å². The highest BCUT2D eigenvalue weighted by Crippen LogP contribution is 2.30. The molecule has 0 N–H and O–H groups in total. The van der Waals surface area contributed by atoms with Crippen molar-refractivity contribution in [1.82, 2.24) is 0 Å². The summed E-state index contributed by atoms with van der Waals surface area (Å²) in [6.45, 7) is 0.374. The summed E-state index contributed by atoms with van der Waals surface area (Å²) in [6.07, 6.45) is 0. The summed E-state index contributed by atoms with van der Waals surface area (Å²) < 4.78 is 49.5. The van der Waals surface area contributed by atoms with E-state index in [2.05, 4.69) is 0 Å². The molecule has 1 heterocycles. The van der Waals surface area contributed by atoms with Gasteiger partial charge in [-0.3, -0.25) is 4.21 Å². The topological polar surface area (TPSA) is 35.5 Å². The lowest BCUT2D eigenvalue weighted by Crippen LogP contribution is -2.14. The van der Waals surface area contributed by atoms with Crippen LogP contribution in [-0.2, 0) is 33.6 Å². The molecular formula is C16H14F2O3S. The molecule has 0 amide bonds. The van der Waals surface area contributed by atoms with E-state index in [0.29, 0.717) is 22.4 Å². The van der Waals surface area contributed by atoms with Gasteiger partial charge in [0.15, 0.2) is 6.79 Å². The highest BCUT2D eigenvalue weighted by molar-refractivity contribution is 7.83. The van der Waals surface area contributed by atoms with Crippen LogP contribution in [0.25, 0.3) is 0 Å². The minimum absolute atomic E-state index is 0.0994. The van der Waals surface area contributed by atoms with Crippen LogP contribution in [-0.4, -0.2) is 11.0 Å². The predicted molar refractivity (Wildman–Crippen MR) is 78.6 cm³/mol. The van der Waals surface area contributed by atoms with Gasteiger partial charge in [-0.25, -0.2) is 8.78 Å². The van der Waals surface area contributed by atoms with Crippen LogP contribution in [0.15, 0.2) is 36.4 Å². The average molecular weight is 324 g/mol. The standard InChI is InChI=1S/C16H14F2O3S/c17-14-3-1-2-11(4-14)8-22(19)9-13-6-15(18)5-12-7-20-10-21-16(12)13/h1-6H,7-10H2/t22-/m0/s1. The summed E-state index contributed by atoms with van der Waals surface area (Å²) in [5, 5.41) is 0. The Balaban J connectivity index is 1.78. The highest BCUT2D eigenvalue weighted by atomic mass is 32.2. The van der Waals surface area contributed by atoms with E-state index in [1.807, 2.05) is 0 Å². The van der Waals surface area contributed by atoms with Gasteiger partial charge in [-0.2, -0.15) is 0 Å². The number of hydrogen-bond donors (Lipinski definition) is 0. The first-order chi connectivity index (χ1) is 10.6. The van der Waals surface area contributed by atoms with Crippen molar-refractivity contribution in [3.05, 3.63) is 64.7 Å². The summed E-state index contributed by atoms with van der Waals surface area (Å²) in [6, 6.07) is 8.66. The zero-order valence-electron chi connectivity index (χ0n) is 11.7. The summed E-state index contributed by atoms with van der Waals surface area (Å²) in [5.41, 5.74) is 1.81. The van der Waals surface area contributed by atoms with Crippen molar-refractivity contribution >= 4 is 10.8 Å². The normalized spacial score (nSPS) is 15.0. The Bertz CT molecular complexity index is 719. The fourth-order valence-corrected chi connectivity index (χ4v) is 3.62. The van der Waals surface area contributed by atoms with Crippen molar-refractivity contribution in [2.24, 2.45) is 0 Å². The average Bonchev–Trinajstić information content (AvgIpc) is 2.47. The largest absolute Gasteiger partial charge is 0.467 e. The minimum atomic E-state index is -1.29. The van der Waals surface area contributed by atoms with Gasteiger partial charge >= 0.3 is 0 Å². The Kier molecular flexibility index (Phi) is 4.49. The van der Waals surface area contributed by atoms with Crippen molar-refractivity contribution < 1.29 is 22.5 Å². The van der Waals surface area contributed by atoms with E-state index in [1.165, 1.54) is 24.3 Å². The van der Waals surface area contributed by atoms with Gasteiger partial charge in [-0.1, -0.05) is 12.1 Å². The van der Waals surface area contributed by atoms with E-state index in [0.717, 1.165) is 0 Å². The number of hydrogen-bond acceptors (Lipinski definition) is 3. The van der Waals surface area contributed by atoms with E-state index in [4.69, 9.17) is 9.47 Å². The fraction of sp³-hybridized carbons (Fsp3) is 0.250. The van der Waals surface area contributed by atoms with E-state index in [9.17, 15) is 13.0 Å². The lowest BCUT2D eigenvalue weighted by Gasteiger charge is -2.20. The van der Waals surface area contributed by atoms with E-state index >= 15 is 0 Å². The zero-order valence-corrected chi connectivity index (χ0v) is 12.5. The van der Waals surface area contributed by atoms with Crippen molar-refractivity contribution in [3.63, 3.8) is 0 Å². The third kappa shape index (κ3) is 3.51. The molecule has 0 bridgehead atoms. The van der Waals surface area contributed by atoms with Crippen molar-refractivity contribution in [2.75, 3.05) is 6.79 Å². The third-order valence-electron chi connectivity index (χ3n) is 3.28. The van der Waals surface area contributed by atoms with Crippen LogP contribution in [0.2, 0.25) is 0 Å². The maximum Gasteiger partial charge on any atom is 0.189 e. The maximum atomic E-state index is 13.6. The molecule has 0 spiro atoms. The molecule has 1 atom stereocenters. The highest BCUT2D eigenvalue weighted by Gasteiger charge is 2.18. The molecule has 3 nitrogen and oxygen atoms in total. The first-order valence-electron chi connectivity index (χ1n) is 6.73. The van der Waals surface area contributed by atoms with Gasteiger partial charge in [0.05, 0.1) is 12.4 Å². The number of rotatable bonds is 4. The second-order valence-corrected chi connectivity index (χ2v) is 6.48. The van der Waals surface area contributed by atoms with Crippen LogP contribution >= 0.6 is 0 Å². The van der Waals surface area contributed by atoms with Crippen molar-refractivity contribution in [3.8, 4) is 5.75 Å². The molecule has 3 rings (SSSR count). The number of halogens is 2. The lowest BCUT2D eigenvalue weighted by molar-refractivity contribution is -0.0171. The molecule has 2 aromatic rings. The monoisotopic (exact) mass is 324 g/mol. The second-order valence-electron chi connectivity index (χ2n) is 5.02. The van der Waals surface area contributed by atoms with Gasteiger partial charge in [-0.05, 0) is 29.8 Å². The van der Waals surface area contributed by atoms with Gasteiger partial charge in [-0.15, -0.1) is 0 Å². The molecule has 6 heteroatoms. The summed E-state index contributed by atoms with van der Waals surface area (Å²) in [4.78, 5) is 0. The maximum absolute atomic E-state index is 13.6. The molecule has 0 aromatic heterocycles. The SMILES string of the molecule is O=[S@@](Cc1cccc(F)c1)Cc1cc(F)cc2c1OCOC2. The summed E-state index contributed by atoms with van der Waals surface area (Å²) in [5.74, 6) is 0.125. The van der Waals surface area contributed by atoms with E-state index in [-0.39, 0.29) is 30.7 Å². The molecule has 1 aliphatic rings. The zero-order chi connectivity index (χ0) is 15.5. The molecular weight excluding hydrogens is 310 g/mol. The Morgan fingerprint density at radius 3 is 2.77 bits per heavy atom. The third-order valence-corrected chi connectivity index (χ3v) is 4.57. The van der Waals surface area contributed by atoms with Gasteiger partial charge < -0.3 is 9.47 Å². The smallest absolute Gasteiger partial charge is 0.189 e. The predicted octanol–water partition coefficient (Wildman–Crippen LogP) is 3.28. The molecule has 0 saturated heterocycles. The Morgan fingerprint density at radius 1 is 1.09 bits per heavy atom. The van der Waals surface area contributed by atoms with Crippen LogP contribution in [0.5, 0.6) is 5.75 Å². The molecule has 0 saturated carbocycles. The van der Waals surface area contributed by atoms with E-state index in [1.54, 1.807) is 12.1 Å². The van der Waals surface area contributed by atoms with Gasteiger partial charge in [0, 0.05) is 27.7 Å². The van der Waals surface area contributed by atoms with Crippen LogP contribution in [0.3, 0.4) is 0 Å². The van der Waals surface area contributed by atoms with Gasteiger partial charge in [0.25, 0.3) is 0 Å². The minimum Gasteiger partial charge on any atom is -0.467 e. The lowest BCUT2D eigenvalue weighted by atomic mass is 10.1. The molecule has 1 aliphatic heterocycles. The molecule has 22 heavy (non-hydrogen) atoms. The summed E-state index contributed by atoms with van der Waals surface area (Å²) >= 11 is 0. The van der Waals surface area contributed by atoms with Crippen LogP contribution < -0.4 is 4.74 Å². The molecule has 0 aliphatic carbocycles. The number of fused-ring (bicyclic) bond motifs is 1. The molecule has 0 unspecified atom stereocenters.